The van der Waals surface area contributed by atoms with Crippen LogP contribution in [0.15, 0.2) is 24.3 Å². The Bertz CT molecular complexity index is 587. The van der Waals surface area contributed by atoms with Crippen molar-refractivity contribution >= 4 is 17.2 Å². The van der Waals surface area contributed by atoms with Crippen LogP contribution in [0.4, 0.5) is 4.39 Å². The van der Waals surface area contributed by atoms with Gasteiger partial charge in [-0.3, -0.25) is 4.79 Å². The number of hydrogen-bond acceptors (Lipinski definition) is 5. The third-order valence-corrected chi connectivity index (χ3v) is 3.39. The van der Waals surface area contributed by atoms with Crippen molar-refractivity contribution in [1.82, 2.24) is 20.8 Å². The van der Waals surface area contributed by atoms with Crippen molar-refractivity contribution in [1.29, 1.82) is 0 Å². The summed E-state index contributed by atoms with van der Waals surface area (Å²) in [7, 11) is 0. The van der Waals surface area contributed by atoms with Gasteiger partial charge >= 0.3 is 0 Å². The maximum absolute atomic E-state index is 13.3. The van der Waals surface area contributed by atoms with Crippen molar-refractivity contribution in [3.8, 4) is 0 Å². The zero-order valence-corrected chi connectivity index (χ0v) is 11.8. The molecule has 0 saturated carbocycles. The van der Waals surface area contributed by atoms with Crippen molar-refractivity contribution in [3.05, 3.63) is 45.7 Å². The zero-order chi connectivity index (χ0) is 14.4. The predicted octanol–water partition coefficient (Wildman–Crippen LogP) is 1.51. The molecule has 1 amide bonds. The van der Waals surface area contributed by atoms with E-state index >= 15 is 0 Å². The van der Waals surface area contributed by atoms with Crippen LogP contribution in [0.5, 0.6) is 0 Å². The van der Waals surface area contributed by atoms with E-state index in [0.29, 0.717) is 19.6 Å². The molecule has 1 aromatic carbocycles. The first-order valence-electron chi connectivity index (χ1n) is 6.19. The first kappa shape index (κ1) is 14.5. The standard InChI is InChI=1S/C13H15FN4OS/c1-9-17-18-12(20-9)8-15-6-7-16-13(19)10-4-2-3-5-11(10)14/h2-5,15H,6-8H2,1H3,(H,16,19). The lowest BCUT2D eigenvalue weighted by Crippen LogP contribution is -2.32. The number of carbonyl (C=O) groups is 1. The van der Waals surface area contributed by atoms with Gasteiger partial charge in [0.2, 0.25) is 0 Å². The summed E-state index contributed by atoms with van der Waals surface area (Å²) in [6.07, 6.45) is 0. The largest absolute Gasteiger partial charge is 0.351 e. The van der Waals surface area contributed by atoms with E-state index in [9.17, 15) is 9.18 Å². The third-order valence-electron chi connectivity index (χ3n) is 2.55. The lowest BCUT2D eigenvalue weighted by Gasteiger charge is -2.06. The predicted molar refractivity (Wildman–Crippen MR) is 75.1 cm³/mol. The number of nitrogens with zero attached hydrogens (tertiary/aromatic N) is 2. The normalized spacial score (nSPS) is 10.5. The summed E-state index contributed by atoms with van der Waals surface area (Å²) in [5, 5.41) is 15.5. The molecule has 1 aromatic heterocycles. The van der Waals surface area contributed by atoms with Crippen LogP contribution < -0.4 is 10.6 Å². The number of halogens is 1. The van der Waals surface area contributed by atoms with Gasteiger partial charge in [0.05, 0.1) is 5.56 Å². The van der Waals surface area contributed by atoms with Gasteiger partial charge in [-0.05, 0) is 19.1 Å². The van der Waals surface area contributed by atoms with Crippen molar-refractivity contribution in [2.75, 3.05) is 13.1 Å². The second-order valence-electron chi connectivity index (χ2n) is 4.13. The van der Waals surface area contributed by atoms with E-state index in [1.807, 2.05) is 6.92 Å². The Morgan fingerprint density at radius 2 is 2.10 bits per heavy atom. The Labute approximate surface area is 120 Å². The average Bonchev–Trinajstić information content (AvgIpc) is 2.84. The Hall–Kier alpha value is -1.86. The molecule has 0 spiro atoms. The van der Waals surface area contributed by atoms with Crippen molar-refractivity contribution < 1.29 is 9.18 Å². The highest BCUT2D eigenvalue weighted by atomic mass is 32.1. The minimum atomic E-state index is -0.512. The molecule has 0 radical (unpaired) electrons. The molecule has 0 bridgehead atoms. The minimum Gasteiger partial charge on any atom is -0.351 e. The molecule has 0 atom stereocenters. The first-order chi connectivity index (χ1) is 9.66. The highest BCUT2D eigenvalue weighted by Crippen LogP contribution is 2.07. The molecule has 0 aliphatic rings. The van der Waals surface area contributed by atoms with Crippen LogP contribution in [0.25, 0.3) is 0 Å². The maximum Gasteiger partial charge on any atom is 0.254 e. The van der Waals surface area contributed by atoms with Gasteiger partial charge in [-0.15, -0.1) is 21.5 Å². The number of nitrogens with one attached hydrogen (secondary N) is 2. The molecule has 0 aliphatic carbocycles. The second kappa shape index (κ2) is 7.06. The lowest BCUT2D eigenvalue weighted by molar-refractivity contribution is 0.0950. The molecular weight excluding hydrogens is 279 g/mol. The molecule has 106 valence electrons. The summed E-state index contributed by atoms with van der Waals surface area (Å²) in [5.41, 5.74) is 0.0623. The quantitative estimate of drug-likeness (QED) is 0.793. The fraction of sp³-hybridized carbons (Fsp3) is 0.308. The number of carbonyl (C=O) groups excluding carboxylic acids is 1. The molecule has 2 aromatic rings. The number of benzene rings is 1. The zero-order valence-electron chi connectivity index (χ0n) is 11.0. The van der Waals surface area contributed by atoms with E-state index in [2.05, 4.69) is 20.8 Å². The van der Waals surface area contributed by atoms with Gasteiger partial charge in [0.25, 0.3) is 5.91 Å². The van der Waals surface area contributed by atoms with Crippen molar-refractivity contribution in [2.24, 2.45) is 0 Å². The van der Waals surface area contributed by atoms with Crippen LogP contribution in [0.2, 0.25) is 0 Å². The van der Waals surface area contributed by atoms with Gasteiger partial charge in [-0.2, -0.15) is 0 Å². The molecule has 2 rings (SSSR count). The van der Waals surface area contributed by atoms with Gasteiger partial charge in [-0.1, -0.05) is 12.1 Å². The number of hydrogen-bond donors (Lipinski definition) is 2. The van der Waals surface area contributed by atoms with Crippen LogP contribution in [-0.4, -0.2) is 29.2 Å². The van der Waals surface area contributed by atoms with E-state index in [-0.39, 0.29) is 5.56 Å². The highest BCUT2D eigenvalue weighted by molar-refractivity contribution is 7.11. The molecule has 2 N–H and O–H groups in total. The maximum atomic E-state index is 13.3. The number of aryl methyl sites for hydroxylation is 1. The third kappa shape index (κ3) is 4.07. The summed E-state index contributed by atoms with van der Waals surface area (Å²) in [6.45, 7) is 3.51. The van der Waals surface area contributed by atoms with E-state index in [1.54, 1.807) is 12.1 Å². The van der Waals surface area contributed by atoms with Gasteiger partial charge in [0, 0.05) is 19.6 Å². The summed E-state index contributed by atoms with van der Waals surface area (Å²) < 4.78 is 13.3. The minimum absolute atomic E-state index is 0.0623. The van der Waals surface area contributed by atoms with Crippen LogP contribution in [0, 0.1) is 12.7 Å². The van der Waals surface area contributed by atoms with Crippen LogP contribution >= 0.6 is 11.3 Å². The summed E-state index contributed by atoms with van der Waals surface area (Å²) >= 11 is 1.53. The number of aromatic nitrogens is 2. The van der Waals surface area contributed by atoms with Gasteiger partial charge in [-0.25, -0.2) is 4.39 Å². The number of amides is 1. The Balaban J connectivity index is 1.68. The fourth-order valence-electron chi connectivity index (χ4n) is 1.61. The Kier molecular flexibility index (Phi) is 5.14. The van der Waals surface area contributed by atoms with Crippen LogP contribution in [-0.2, 0) is 6.54 Å². The fourth-order valence-corrected chi connectivity index (χ4v) is 2.29. The van der Waals surface area contributed by atoms with Gasteiger partial charge in [0.15, 0.2) is 0 Å². The van der Waals surface area contributed by atoms with Crippen LogP contribution in [0.1, 0.15) is 20.4 Å². The van der Waals surface area contributed by atoms with Crippen LogP contribution in [0.3, 0.4) is 0 Å². The smallest absolute Gasteiger partial charge is 0.254 e. The van der Waals surface area contributed by atoms with E-state index in [0.717, 1.165) is 10.0 Å². The molecule has 7 heteroatoms. The molecule has 0 fully saturated rings. The SMILES string of the molecule is Cc1nnc(CNCCNC(=O)c2ccccc2F)s1. The first-order valence-corrected chi connectivity index (χ1v) is 7.01. The number of rotatable bonds is 6. The molecular formula is C13H15FN4OS. The summed E-state index contributed by atoms with van der Waals surface area (Å²) in [5.74, 6) is -0.918. The monoisotopic (exact) mass is 294 g/mol. The van der Waals surface area contributed by atoms with E-state index in [4.69, 9.17) is 0 Å². The van der Waals surface area contributed by atoms with Gasteiger partial charge < -0.3 is 10.6 Å². The molecule has 0 aliphatic heterocycles. The van der Waals surface area contributed by atoms with Crippen molar-refractivity contribution in [2.45, 2.75) is 13.5 Å². The lowest BCUT2D eigenvalue weighted by atomic mass is 10.2. The highest BCUT2D eigenvalue weighted by Gasteiger charge is 2.09. The van der Waals surface area contributed by atoms with E-state index in [1.165, 1.54) is 23.5 Å². The molecule has 5 nitrogen and oxygen atoms in total. The van der Waals surface area contributed by atoms with Gasteiger partial charge in [0.1, 0.15) is 15.8 Å². The van der Waals surface area contributed by atoms with E-state index < -0.39 is 11.7 Å². The molecule has 0 saturated heterocycles. The summed E-state index contributed by atoms with van der Waals surface area (Å²) in [6, 6.07) is 5.92. The molecule has 1 heterocycles. The molecule has 20 heavy (non-hydrogen) atoms. The molecule has 0 unspecified atom stereocenters. The average molecular weight is 294 g/mol. The topological polar surface area (TPSA) is 66.9 Å². The Morgan fingerprint density at radius 3 is 2.80 bits per heavy atom. The second-order valence-corrected chi connectivity index (χ2v) is 5.39. The Morgan fingerprint density at radius 1 is 1.30 bits per heavy atom. The van der Waals surface area contributed by atoms with Crippen molar-refractivity contribution in [3.63, 3.8) is 0 Å². The summed E-state index contributed by atoms with van der Waals surface area (Å²) in [4.78, 5) is 11.7.